The van der Waals surface area contributed by atoms with Crippen LogP contribution in [0.15, 0.2) is 48.5 Å². The van der Waals surface area contributed by atoms with Crippen molar-refractivity contribution in [2.24, 2.45) is 0 Å². The van der Waals surface area contributed by atoms with Gasteiger partial charge < -0.3 is 10.4 Å². The summed E-state index contributed by atoms with van der Waals surface area (Å²) in [6, 6.07) is 13.5. The van der Waals surface area contributed by atoms with Crippen LogP contribution in [-0.2, 0) is 6.42 Å². The van der Waals surface area contributed by atoms with E-state index in [4.69, 9.17) is 11.6 Å². The zero-order valence-corrected chi connectivity index (χ0v) is 14.2. The van der Waals surface area contributed by atoms with Gasteiger partial charge in [0.05, 0.1) is 6.10 Å². The summed E-state index contributed by atoms with van der Waals surface area (Å²) < 4.78 is 12.9. The topological polar surface area (TPSA) is 58.0 Å². The van der Waals surface area contributed by atoms with Gasteiger partial charge in [-0.3, -0.25) is 0 Å². The van der Waals surface area contributed by atoms with Crippen LogP contribution in [-0.4, -0.2) is 21.8 Å². The zero-order valence-electron chi connectivity index (χ0n) is 12.6. The highest BCUT2D eigenvalue weighted by Gasteiger charge is 2.12. The molecule has 0 spiro atoms. The largest absolute Gasteiger partial charge is 0.387 e. The molecule has 2 aromatic carbocycles. The molecule has 1 atom stereocenters. The van der Waals surface area contributed by atoms with Crippen LogP contribution in [0.25, 0.3) is 0 Å². The Morgan fingerprint density at radius 3 is 2.62 bits per heavy atom. The fraction of sp³-hybridized carbons (Fsp3) is 0.176. The molecule has 0 radical (unpaired) electrons. The van der Waals surface area contributed by atoms with E-state index in [-0.39, 0.29) is 12.4 Å². The fourth-order valence-corrected chi connectivity index (χ4v) is 3.26. The molecule has 4 nitrogen and oxygen atoms in total. The molecule has 1 aromatic heterocycles. The molecule has 0 aliphatic heterocycles. The summed E-state index contributed by atoms with van der Waals surface area (Å²) in [5.41, 5.74) is 1.64. The molecule has 0 fully saturated rings. The van der Waals surface area contributed by atoms with Crippen molar-refractivity contribution in [3.8, 4) is 0 Å². The van der Waals surface area contributed by atoms with Gasteiger partial charge in [0.15, 0.2) is 0 Å². The first kappa shape index (κ1) is 16.8. The molecule has 3 aromatic rings. The smallest absolute Gasteiger partial charge is 0.205 e. The number of rotatable bonds is 6. The normalized spacial score (nSPS) is 12.1. The number of hydrogen-bond donors (Lipinski definition) is 2. The van der Waals surface area contributed by atoms with Crippen molar-refractivity contribution in [1.29, 1.82) is 0 Å². The maximum absolute atomic E-state index is 12.9. The molecule has 0 aliphatic rings. The molecule has 1 unspecified atom stereocenters. The van der Waals surface area contributed by atoms with Gasteiger partial charge in [-0.05, 0) is 23.8 Å². The number of aliphatic hydroxyl groups is 1. The molecule has 0 bridgehead atoms. The molecule has 1 heterocycles. The van der Waals surface area contributed by atoms with E-state index >= 15 is 0 Å². The number of aromatic nitrogens is 2. The third-order valence-corrected chi connectivity index (χ3v) is 4.67. The van der Waals surface area contributed by atoms with Gasteiger partial charge in [0.2, 0.25) is 5.13 Å². The van der Waals surface area contributed by atoms with Crippen LogP contribution in [0.3, 0.4) is 0 Å². The van der Waals surface area contributed by atoms with Gasteiger partial charge in [0.25, 0.3) is 0 Å². The lowest BCUT2D eigenvalue weighted by molar-refractivity contribution is 0.191. The lowest BCUT2D eigenvalue weighted by Gasteiger charge is -2.12. The lowest BCUT2D eigenvalue weighted by atomic mass is 10.1. The minimum absolute atomic E-state index is 0.257. The lowest BCUT2D eigenvalue weighted by Crippen LogP contribution is -2.12. The summed E-state index contributed by atoms with van der Waals surface area (Å²) in [5.74, 6) is -0.257. The Balaban J connectivity index is 1.58. The van der Waals surface area contributed by atoms with Crippen LogP contribution in [0.5, 0.6) is 0 Å². The third-order valence-electron chi connectivity index (χ3n) is 3.45. The van der Waals surface area contributed by atoms with Gasteiger partial charge in [0.1, 0.15) is 10.8 Å². The Labute approximate surface area is 148 Å². The number of nitrogens with one attached hydrogen (secondary N) is 1. The Morgan fingerprint density at radius 2 is 1.88 bits per heavy atom. The van der Waals surface area contributed by atoms with Crippen molar-refractivity contribution in [3.63, 3.8) is 0 Å². The SMILES string of the molecule is OC(CNc1nnc(Cc2ccc(F)cc2)s1)c1ccccc1Cl. The van der Waals surface area contributed by atoms with Crippen LogP contribution >= 0.6 is 22.9 Å². The summed E-state index contributed by atoms with van der Waals surface area (Å²) in [7, 11) is 0. The Hall–Kier alpha value is -2.02. The van der Waals surface area contributed by atoms with Crippen molar-refractivity contribution in [2.75, 3.05) is 11.9 Å². The third kappa shape index (κ3) is 4.29. The Kier molecular flexibility index (Phi) is 5.40. The molecule has 24 heavy (non-hydrogen) atoms. The van der Waals surface area contributed by atoms with Gasteiger partial charge in [-0.1, -0.05) is 53.3 Å². The monoisotopic (exact) mass is 363 g/mol. The second-order valence-electron chi connectivity index (χ2n) is 5.22. The standard InChI is InChI=1S/C17H15ClFN3OS/c18-14-4-2-1-3-13(14)15(23)10-20-17-22-21-16(24-17)9-11-5-7-12(19)8-6-11/h1-8,15,23H,9-10H2,(H,20,22). The molecular formula is C17H15ClFN3OS. The van der Waals surface area contributed by atoms with E-state index in [2.05, 4.69) is 15.5 Å². The maximum Gasteiger partial charge on any atom is 0.205 e. The number of aliphatic hydroxyl groups excluding tert-OH is 1. The molecule has 0 saturated carbocycles. The van der Waals surface area contributed by atoms with Crippen molar-refractivity contribution < 1.29 is 9.50 Å². The number of benzene rings is 2. The first-order chi connectivity index (χ1) is 11.6. The summed E-state index contributed by atoms with van der Waals surface area (Å²) in [5, 5.41) is 23.4. The average Bonchev–Trinajstić information content (AvgIpc) is 3.03. The van der Waals surface area contributed by atoms with Gasteiger partial charge in [-0.15, -0.1) is 10.2 Å². The number of nitrogens with zero attached hydrogens (tertiary/aromatic N) is 2. The van der Waals surface area contributed by atoms with E-state index in [9.17, 15) is 9.50 Å². The predicted octanol–water partition coefficient (Wildman–Crippen LogP) is 4.07. The summed E-state index contributed by atoms with van der Waals surface area (Å²) >= 11 is 7.47. The van der Waals surface area contributed by atoms with Crippen molar-refractivity contribution in [1.82, 2.24) is 10.2 Å². The van der Waals surface area contributed by atoms with E-state index < -0.39 is 6.10 Å². The minimum Gasteiger partial charge on any atom is -0.387 e. The van der Waals surface area contributed by atoms with Crippen LogP contribution in [0.4, 0.5) is 9.52 Å². The van der Waals surface area contributed by atoms with Crippen molar-refractivity contribution in [3.05, 3.63) is 75.5 Å². The van der Waals surface area contributed by atoms with E-state index in [0.29, 0.717) is 22.1 Å². The molecule has 2 N–H and O–H groups in total. The number of halogens is 2. The quantitative estimate of drug-likeness (QED) is 0.693. The molecule has 0 saturated heterocycles. The minimum atomic E-state index is -0.733. The van der Waals surface area contributed by atoms with E-state index in [1.165, 1.54) is 23.5 Å². The van der Waals surface area contributed by atoms with E-state index in [1.54, 1.807) is 24.3 Å². The summed E-state index contributed by atoms with van der Waals surface area (Å²) in [4.78, 5) is 0. The molecule has 3 rings (SSSR count). The Bertz CT molecular complexity index is 810. The average molecular weight is 364 g/mol. The van der Waals surface area contributed by atoms with E-state index in [1.807, 2.05) is 12.1 Å². The van der Waals surface area contributed by atoms with Gasteiger partial charge in [0, 0.05) is 23.6 Å². The van der Waals surface area contributed by atoms with Gasteiger partial charge in [-0.2, -0.15) is 0 Å². The molecular weight excluding hydrogens is 349 g/mol. The van der Waals surface area contributed by atoms with Crippen LogP contribution < -0.4 is 5.32 Å². The van der Waals surface area contributed by atoms with Gasteiger partial charge in [-0.25, -0.2) is 4.39 Å². The highest BCUT2D eigenvalue weighted by atomic mass is 35.5. The number of hydrogen-bond acceptors (Lipinski definition) is 5. The molecule has 0 amide bonds. The van der Waals surface area contributed by atoms with Crippen molar-refractivity contribution in [2.45, 2.75) is 12.5 Å². The fourth-order valence-electron chi connectivity index (χ4n) is 2.21. The zero-order chi connectivity index (χ0) is 16.9. The Morgan fingerprint density at radius 1 is 1.12 bits per heavy atom. The first-order valence-corrected chi connectivity index (χ1v) is 8.54. The van der Waals surface area contributed by atoms with Crippen LogP contribution in [0.1, 0.15) is 22.2 Å². The van der Waals surface area contributed by atoms with Crippen LogP contribution in [0.2, 0.25) is 5.02 Å². The van der Waals surface area contributed by atoms with E-state index in [0.717, 1.165) is 10.6 Å². The predicted molar refractivity (Wildman–Crippen MR) is 94.0 cm³/mol. The van der Waals surface area contributed by atoms with Crippen molar-refractivity contribution >= 4 is 28.1 Å². The van der Waals surface area contributed by atoms with Crippen LogP contribution in [0, 0.1) is 5.82 Å². The highest BCUT2D eigenvalue weighted by Crippen LogP contribution is 2.24. The second kappa shape index (κ2) is 7.70. The molecule has 124 valence electrons. The molecule has 0 aliphatic carbocycles. The number of anilines is 1. The second-order valence-corrected chi connectivity index (χ2v) is 6.69. The first-order valence-electron chi connectivity index (χ1n) is 7.35. The summed E-state index contributed by atoms with van der Waals surface area (Å²) in [6.45, 7) is 0.287. The maximum atomic E-state index is 12.9. The highest BCUT2D eigenvalue weighted by molar-refractivity contribution is 7.15. The molecule has 7 heteroatoms. The summed E-state index contributed by atoms with van der Waals surface area (Å²) in [6.07, 6.45) is -0.143. The van der Waals surface area contributed by atoms with Gasteiger partial charge >= 0.3 is 0 Å².